The Labute approximate surface area is 142 Å². The molecular weight excluding hydrogens is 312 g/mol. The fourth-order valence-corrected chi connectivity index (χ4v) is 3.04. The molecule has 1 aromatic carbocycles. The number of amides is 2. The molecular formula is C18H23ClN2O2. The van der Waals surface area contributed by atoms with E-state index in [0.717, 1.165) is 0 Å². The van der Waals surface area contributed by atoms with Gasteiger partial charge >= 0.3 is 0 Å². The van der Waals surface area contributed by atoms with Crippen LogP contribution in [-0.2, 0) is 9.59 Å². The summed E-state index contributed by atoms with van der Waals surface area (Å²) in [6, 6.07) is 6.99. The second kappa shape index (κ2) is 8.16. The number of benzene rings is 1. The Bertz CT molecular complexity index is 579. The molecule has 0 heterocycles. The van der Waals surface area contributed by atoms with Crippen LogP contribution in [0.3, 0.4) is 0 Å². The molecule has 0 saturated heterocycles. The van der Waals surface area contributed by atoms with Crippen LogP contribution in [0.1, 0.15) is 26.7 Å². The Balaban J connectivity index is 2.11. The second-order valence-corrected chi connectivity index (χ2v) is 6.10. The molecule has 1 N–H and O–H groups in total. The fraction of sp³-hybridized carbons (Fsp3) is 0.444. The van der Waals surface area contributed by atoms with Crippen molar-refractivity contribution in [3.63, 3.8) is 0 Å². The van der Waals surface area contributed by atoms with Crippen LogP contribution in [0.2, 0.25) is 5.02 Å². The van der Waals surface area contributed by atoms with E-state index in [2.05, 4.69) is 5.32 Å². The van der Waals surface area contributed by atoms with Gasteiger partial charge in [-0.15, -0.1) is 0 Å². The minimum absolute atomic E-state index is 0.0654. The zero-order chi connectivity index (χ0) is 16.8. The first kappa shape index (κ1) is 17.5. The maximum absolute atomic E-state index is 12.7. The van der Waals surface area contributed by atoms with Gasteiger partial charge in [0.15, 0.2) is 0 Å². The van der Waals surface area contributed by atoms with Crippen molar-refractivity contribution in [1.29, 1.82) is 0 Å². The first-order valence-corrected chi connectivity index (χ1v) is 8.44. The highest BCUT2D eigenvalue weighted by atomic mass is 35.5. The molecule has 124 valence electrons. The van der Waals surface area contributed by atoms with E-state index < -0.39 is 0 Å². The van der Waals surface area contributed by atoms with Gasteiger partial charge in [-0.05, 0) is 51.0 Å². The average molecular weight is 335 g/mol. The zero-order valence-electron chi connectivity index (χ0n) is 13.6. The van der Waals surface area contributed by atoms with Crippen LogP contribution in [-0.4, -0.2) is 29.8 Å². The lowest BCUT2D eigenvalue weighted by atomic mass is 9.81. The Morgan fingerprint density at radius 3 is 2.22 bits per heavy atom. The molecule has 2 atom stereocenters. The minimum atomic E-state index is -0.330. The van der Waals surface area contributed by atoms with E-state index in [0.29, 0.717) is 36.6 Å². The molecule has 1 aliphatic rings. The summed E-state index contributed by atoms with van der Waals surface area (Å²) in [7, 11) is 0. The lowest BCUT2D eigenvalue weighted by Crippen LogP contribution is -2.43. The van der Waals surface area contributed by atoms with Crippen molar-refractivity contribution in [3.05, 3.63) is 41.4 Å². The molecule has 0 spiro atoms. The number of halogens is 1. The number of hydrogen-bond donors (Lipinski definition) is 1. The lowest BCUT2D eigenvalue weighted by molar-refractivity contribution is -0.140. The van der Waals surface area contributed by atoms with E-state index in [4.69, 9.17) is 11.6 Å². The molecule has 4 nitrogen and oxygen atoms in total. The van der Waals surface area contributed by atoms with Gasteiger partial charge in [0.1, 0.15) is 0 Å². The predicted molar refractivity (Wildman–Crippen MR) is 93.4 cm³/mol. The summed E-state index contributed by atoms with van der Waals surface area (Å²) in [5.74, 6) is -0.659. The second-order valence-electron chi connectivity index (χ2n) is 5.66. The van der Waals surface area contributed by atoms with Crippen LogP contribution in [0.4, 0.5) is 5.69 Å². The van der Waals surface area contributed by atoms with Gasteiger partial charge in [-0.2, -0.15) is 0 Å². The first-order chi connectivity index (χ1) is 11.1. The van der Waals surface area contributed by atoms with Crippen molar-refractivity contribution in [3.8, 4) is 0 Å². The zero-order valence-corrected chi connectivity index (χ0v) is 14.3. The normalized spacial score (nSPS) is 20.1. The van der Waals surface area contributed by atoms with Crippen LogP contribution in [0, 0.1) is 11.8 Å². The molecule has 5 heteroatoms. The van der Waals surface area contributed by atoms with Crippen molar-refractivity contribution < 1.29 is 9.59 Å². The van der Waals surface area contributed by atoms with Crippen LogP contribution in [0.25, 0.3) is 0 Å². The molecule has 2 unspecified atom stereocenters. The van der Waals surface area contributed by atoms with E-state index in [1.807, 2.05) is 26.0 Å². The Hall–Kier alpha value is -1.81. The summed E-state index contributed by atoms with van der Waals surface area (Å²) in [6.07, 6.45) is 5.20. The monoisotopic (exact) mass is 334 g/mol. The van der Waals surface area contributed by atoms with Gasteiger partial charge in [0.25, 0.3) is 0 Å². The molecule has 1 aliphatic carbocycles. The van der Waals surface area contributed by atoms with Gasteiger partial charge in [0, 0.05) is 23.8 Å². The topological polar surface area (TPSA) is 49.4 Å². The maximum atomic E-state index is 12.7. The summed E-state index contributed by atoms with van der Waals surface area (Å²) in [6.45, 7) is 5.26. The van der Waals surface area contributed by atoms with Crippen LogP contribution >= 0.6 is 11.6 Å². The van der Waals surface area contributed by atoms with Gasteiger partial charge in [-0.25, -0.2) is 0 Å². The van der Waals surface area contributed by atoms with Crippen molar-refractivity contribution >= 4 is 29.1 Å². The minimum Gasteiger partial charge on any atom is -0.343 e. The highest BCUT2D eigenvalue weighted by molar-refractivity contribution is 6.30. The number of rotatable bonds is 5. The van der Waals surface area contributed by atoms with Crippen LogP contribution in [0.5, 0.6) is 0 Å². The molecule has 0 aromatic heterocycles. The van der Waals surface area contributed by atoms with Gasteiger partial charge in [-0.3, -0.25) is 9.59 Å². The van der Waals surface area contributed by atoms with Crippen LogP contribution < -0.4 is 5.32 Å². The quantitative estimate of drug-likeness (QED) is 0.834. The van der Waals surface area contributed by atoms with Crippen molar-refractivity contribution in [2.24, 2.45) is 11.8 Å². The number of nitrogens with zero attached hydrogens (tertiary/aromatic N) is 1. The number of hydrogen-bond acceptors (Lipinski definition) is 2. The summed E-state index contributed by atoms with van der Waals surface area (Å²) in [5, 5.41) is 3.52. The van der Waals surface area contributed by atoms with Crippen molar-refractivity contribution in [1.82, 2.24) is 4.90 Å². The maximum Gasteiger partial charge on any atom is 0.228 e. The van der Waals surface area contributed by atoms with E-state index >= 15 is 0 Å². The highest BCUT2D eigenvalue weighted by Crippen LogP contribution is 2.29. The largest absolute Gasteiger partial charge is 0.343 e. The van der Waals surface area contributed by atoms with Crippen LogP contribution in [0.15, 0.2) is 36.4 Å². The van der Waals surface area contributed by atoms with E-state index in [-0.39, 0.29) is 23.7 Å². The van der Waals surface area contributed by atoms with E-state index in [1.165, 1.54) is 0 Å². The Kier molecular flexibility index (Phi) is 6.22. The number of carbonyl (C=O) groups is 2. The van der Waals surface area contributed by atoms with Gasteiger partial charge < -0.3 is 10.2 Å². The van der Waals surface area contributed by atoms with E-state index in [1.54, 1.807) is 29.2 Å². The summed E-state index contributed by atoms with van der Waals surface area (Å²) in [5.41, 5.74) is 0.697. The SMILES string of the molecule is CCN(CC)C(=O)C1CC=CCC1C(=O)Nc1ccc(Cl)cc1. The molecule has 1 aromatic rings. The van der Waals surface area contributed by atoms with E-state index in [9.17, 15) is 9.59 Å². The summed E-state index contributed by atoms with van der Waals surface area (Å²) in [4.78, 5) is 27.1. The summed E-state index contributed by atoms with van der Waals surface area (Å²) < 4.78 is 0. The first-order valence-electron chi connectivity index (χ1n) is 8.07. The number of nitrogens with one attached hydrogen (secondary N) is 1. The molecule has 0 fully saturated rings. The molecule has 2 amide bonds. The van der Waals surface area contributed by atoms with Crippen molar-refractivity contribution in [2.45, 2.75) is 26.7 Å². The Morgan fingerprint density at radius 2 is 1.65 bits per heavy atom. The molecule has 0 bridgehead atoms. The molecule has 0 aliphatic heterocycles. The third-order valence-electron chi connectivity index (χ3n) is 4.27. The number of anilines is 1. The average Bonchev–Trinajstić information content (AvgIpc) is 2.58. The van der Waals surface area contributed by atoms with Gasteiger partial charge in [0.2, 0.25) is 11.8 Å². The third kappa shape index (κ3) is 4.35. The number of carbonyl (C=O) groups excluding carboxylic acids is 2. The van der Waals surface area contributed by atoms with Gasteiger partial charge in [0.05, 0.1) is 11.8 Å². The number of allylic oxidation sites excluding steroid dienone is 2. The molecule has 2 rings (SSSR count). The lowest BCUT2D eigenvalue weighted by Gasteiger charge is -2.31. The van der Waals surface area contributed by atoms with Crippen molar-refractivity contribution in [2.75, 3.05) is 18.4 Å². The highest BCUT2D eigenvalue weighted by Gasteiger charge is 2.35. The fourth-order valence-electron chi connectivity index (χ4n) is 2.91. The summed E-state index contributed by atoms with van der Waals surface area (Å²) >= 11 is 5.86. The predicted octanol–water partition coefficient (Wildman–Crippen LogP) is 3.73. The Morgan fingerprint density at radius 1 is 1.09 bits per heavy atom. The third-order valence-corrected chi connectivity index (χ3v) is 4.53. The smallest absolute Gasteiger partial charge is 0.228 e. The standard InChI is InChI=1S/C18H23ClN2O2/c1-3-21(4-2)18(23)16-8-6-5-7-15(16)17(22)20-14-11-9-13(19)10-12-14/h5-6,9-12,15-16H,3-4,7-8H2,1-2H3,(H,20,22). The molecule has 0 radical (unpaired) electrons. The molecule has 23 heavy (non-hydrogen) atoms. The molecule has 0 saturated carbocycles. The van der Waals surface area contributed by atoms with Gasteiger partial charge in [-0.1, -0.05) is 23.8 Å².